The van der Waals surface area contributed by atoms with E-state index in [0.717, 1.165) is 5.56 Å². The molecule has 0 radical (unpaired) electrons. The standard InChI is InChI=1S/C34H32O/c1-32(27-18-10-5-11-19-27)25-24-30(31(35)26-16-8-4-9-17-26)33(2,28-20-12-6-13-21-28)34(32,3)29-22-14-7-15-23-29/h4-25,30H,1-3H3. The fourth-order valence-electron chi connectivity index (χ4n) is 6.42. The van der Waals surface area contributed by atoms with E-state index in [1.54, 1.807) is 0 Å². The van der Waals surface area contributed by atoms with Gasteiger partial charge in [0.2, 0.25) is 0 Å². The largest absolute Gasteiger partial charge is 0.293 e. The third-order valence-corrected chi connectivity index (χ3v) is 8.76. The lowest BCUT2D eigenvalue weighted by Gasteiger charge is -2.61. The maximum atomic E-state index is 14.2. The molecule has 0 spiro atoms. The zero-order valence-corrected chi connectivity index (χ0v) is 20.7. The molecule has 0 aliphatic heterocycles. The van der Waals surface area contributed by atoms with Crippen LogP contribution in [-0.2, 0) is 16.2 Å². The summed E-state index contributed by atoms with van der Waals surface area (Å²) in [7, 11) is 0. The Morgan fingerprint density at radius 1 is 0.571 bits per heavy atom. The monoisotopic (exact) mass is 456 g/mol. The quantitative estimate of drug-likeness (QED) is 0.220. The summed E-state index contributed by atoms with van der Waals surface area (Å²) in [6.07, 6.45) is 4.48. The minimum atomic E-state index is -0.526. The molecule has 35 heavy (non-hydrogen) atoms. The number of carbonyl (C=O) groups excluding carboxylic acids is 1. The number of hydrogen-bond acceptors (Lipinski definition) is 1. The van der Waals surface area contributed by atoms with E-state index >= 15 is 0 Å². The van der Waals surface area contributed by atoms with Gasteiger partial charge in [0.05, 0.1) is 5.92 Å². The zero-order valence-electron chi connectivity index (χ0n) is 20.7. The first kappa shape index (κ1) is 23.1. The molecule has 0 bridgehead atoms. The third-order valence-electron chi connectivity index (χ3n) is 8.76. The highest BCUT2D eigenvalue weighted by atomic mass is 16.1. The average molecular weight is 457 g/mol. The van der Waals surface area contributed by atoms with Gasteiger partial charge in [-0.15, -0.1) is 0 Å². The summed E-state index contributed by atoms with van der Waals surface area (Å²) in [6.45, 7) is 6.98. The van der Waals surface area contributed by atoms with Crippen LogP contribution in [0.4, 0.5) is 0 Å². The smallest absolute Gasteiger partial charge is 0.170 e. The minimum absolute atomic E-state index is 0.158. The lowest BCUT2D eigenvalue weighted by molar-refractivity contribution is 0.0703. The molecule has 0 heterocycles. The van der Waals surface area contributed by atoms with E-state index in [1.807, 2.05) is 30.3 Å². The molecule has 1 aliphatic carbocycles. The van der Waals surface area contributed by atoms with Crippen LogP contribution in [0, 0.1) is 5.92 Å². The molecule has 0 aromatic heterocycles. The Hall–Kier alpha value is -3.71. The second kappa shape index (κ2) is 8.82. The van der Waals surface area contributed by atoms with Gasteiger partial charge in [0.25, 0.3) is 0 Å². The number of Topliss-reactive ketones (excluding diaryl/α,β-unsaturated/α-hetero) is 1. The van der Waals surface area contributed by atoms with Gasteiger partial charge in [0, 0.05) is 21.8 Å². The lowest BCUT2D eigenvalue weighted by atomic mass is 9.40. The molecule has 4 unspecified atom stereocenters. The Labute approximate surface area is 209 Å². The maximum Gasteiger partial charge on any atom is 0.170 e. The fourth-order valence-corrected chi connectivity index (χ4v) is 6.42. The first-order chi connectivity index (χ1) is 16.9. The summed E-state index contributed by atoms with van der Waals surface area (Å²) in [6, 6.07) is 41.8. The average Bonchev–Trinajstić information content (AvgIpc) is 2.93. The first-order valence-corrected chi connectivity index (χ1v) is 12.4. The molecule has 0 fully saturated rings. The Bertz CT molecular complexity index is 1330. The molecule has 1 heteroatoms. The zero-order chi connectivity index (χ0) is 24.5. The number of allylic oxidation sites excluding steroid dienone is 2. The van der Waals surface area contributed by atoms with Crippen LogP contribution in [0.25, 0.3) is 0 Å². The van der Waals surface area contributed by atoms with E-state index in [2.05, 4.69) is 124 Å². The molecular formula is C34H32O. The Morgan fingerprint density at radius 3 is 1.51 bits per heavy atom. The molecule has 0 saturated heterocycles. The van der Waals surface area contributed by atoms with Crippen molar-refractivity contribution in [3.05, 3.63) is 156 Å². The highest BCUT2D eigenvalue weighted by molar-refractivity contribution is 6.00. The van der Waals surface area contributed by atoms with Crippen LogP contribution in [0.5, 0.6) is 0 Å². The Balaban J connectivity index is 1.86. The van der Waals surface area contributed by atoms with Crippen molar-refractivity contribution in [1.29, 1.82) is 0 Å². The fraction of sp³-hybridized carbons (Fsp3) is 0.206. The maximum absolute atomic E-state index is 14.2. The van der Waals surface area contributed by atoms with Crippen LogP contribution in [-0.4, -0.2) is 5.78 Å². The summed E-state index contributed by atoms with van der Waals surface area (Å²) in [4.78, 5) is 14.2. The number of carbonyl (C=O) groups is 1. The lowest BCUT2D eigenvalue weighted by Crippen LogP contribution is -2.63. The van der Waals surface area contributed by atoms with Crippen LogP contribution < -0.4 is 0 Å². The topological polar surface area (TPSA) is 17.1 Å². The van der Waals surface area contributed by atoms with Crippen LogP contribution in [0.2, 0.25) is 0 Å². The Kier molecular flexibility index (Phi) is 5.81. The molecule has 4 aromatic rings. The molecule has 0 saturated carbocycles. The van der Waals surface area contributed by atoms with E-state index in [-0.39, 0.29) is 17.1 Å². The molecule has 5 rings (SSSR count). The molecule has 4 atom stereocenters. The highest BCUT2D eigenvalue weighted by Gasteiger charge is 2.63. The van der Waals surface area contributed by atoms with Gasteiger partial charge >= 0.3 is 0 Å². The van der Waals surface area contributed by atoms with Gasteiger partial charge in [-0.25, -0.2) is 0 Å². The third kappa shape index (κ3) is 3.41. The van der Waals surface area contributed by atoms with Gasteiger partial charge in [-0.05, 0) is 16.7 Å². The van der Waals surface area contributed by atoms with E-state index in [9.17, 15) is 4.79 Å². The van der Waals surface area contributed by atoms with E-state index in [4.69, 9.17) is 0 Å². The van der Waals surface area contributed by atoms with Crippen molar-refractivity contribution in [2.45, 2.75) is 37.0 Å². The summed E-state index contributed by atoms with van der Waals surface area (Å²) < 4.78 is 0. The minimum Gasteiger partial charge on any atom is -0.293 e. The van der Waals surface area contributed by atoms with Gasteiger partial charge in [-0.3, -0.25) is 4.79 Å². The van der Waals surface area contributed by atoms with Crippen LogP contribution in [0.15, 0.2) is 133 Å². The van der Waals surface area contributed by atoms with Crippen molar-refractivity contribution in [3.8, 4) is 0 Å². The summed E-state index contributed by atoms with van der Waals surface area (Å²) in [5.74, 6) is -0.167. The summed E-state index contributed by atoms with van der Waals surface area (Å²) in [5.41, 5.74) is 3.09. The molecule has 4 aromatic carbocycles. The molecule has 1 aliphatic rings. The number of ketones is 1. The highest BCUT2D eigenvalue weighted by Crippen LogP contribution is 2.62. The second-order valence-corrected chi connectivity index (χ2v) is 10.2. The van der Waals surface area contributed by atoms with Gasteiger partial charge in [-0.2, -0.15) is 0 Å². The van der Waals surface area contributed by atoms with Crippen molar-refractivity contribution >= 4 is 5.78 Å². The summed E-state index contributed by atoms with van der Waals surface area (Å²) >= 11 is 0. The molecule has 174 valence electrons. The van der Waals surface area contributed by atoms with Crippen molar-refractivity contribution in [1.82, 2.24) is 0 Å². The number of rotatable bonds is 5. The van der Waals surface area contributed by atoms with Crippen LogP contribution in [0.3, 0.4) is 0 Å². The van der Waals surface area contributed by atoms with Crippen LogP contribution in [0.1, 0.15) is 47.8 Å². The number of hydrogen-bond donors (Lipinski definition) is 0. The predicted octanol–water partition coefficient (Wildman–Crippen LogP) is 7.93. The number of benzene rings is 4. The van der Waals surface area contributed by atoms with E-state index < -0.39 is 10.8 Å². The molecule has 0 N–H and O–H groups in total. The van der Waals surface area contributed by atoms with Crippen LogP contribution >= 0.6 is 0 Å². The van der Waals surface area contributed by atoms with E-state index in [1.165, 1.54) is 16.7 Å². The predicted molar refractivity (Wildman–Crippen MR) is 145 cm³/mol. The SMILES string of the molecule is CC1(c2ccccc2)C=CC(C(=O)c2ccccc2)C(C)(c2ccccc2)C1(C)c1ccccc1. The van der Waals surface area contributed by atoms with Gasteiger partial charge in [0.1, 0.15) is 0 Å². The Morgan fingerprint density at radius 2 is 1.00 bits per heavy atom. The first-order valence-electron chi connectivity index (χ1n) is 12.4. The molecule has 1 nitrogen and oxygen atoms in total. The van der Waals surface area contributed by atoms with E-state index in [0.29, 0.717) is 0 Å². The van der Waals surface area contributed by atoms with Crippen molar-refractivity contribution in [2.75, 3.05) is 0 Å². The van der Waals surface area contributed by atoms with Gasteiger partial charge in [-0.1, -0.05) is 154 Å². The van der Waals surface area contributed by atoms with Crippen molar-refractivity contribution < 1.29 is 4.79 Å². The van der Waals surface area contributed by atoms with Crippen molar-refractivity contribution in [3.63, 3.8) is 0 Å². The summed E-state index contributed by atoms with van der Waals surface area (Å²) in [5, 5.41) is 0. The van der Waals surface area contributed by atoms with Gasteiger partial charge < -0.3 is 0 Å². The molecular weight excluding hydrogens is 424 g/mol. The second-order valence-electron chi connectivity index (χ2n) is 10.2. The van der Waals surface area contributed by atoms with Gasteiger partial charge in [0.15, 0.2) is 5.78 Å². The molecule has 0 amide bonds. The normalized spacial score (nSPS) is 27.9. The van der Waals surface area contributed by atoms with Crippen molar-refractivity contribution in [2.24, 2.45) is 5.92 Å².